The highest BCUT2D eigenvalue weighted by molar-refractivity contribution is 5.40. The van der Waals surface area contributed by atoms with E-state index in [0.29, 0.717) is 24.3 Å². The van der Waals surface area contributed by atoms with Gasteiger partial charge in [0.05, 0.1) is 5.60 Å². The molecule has 112 valence electrons. The van der Waals surface area contributed by atoms with Crippen LogP contribution in [-0.2, 0) is 6.54 Å². The van der Waals surface area contributed by atoms with E-state index < -0.39 is 5.60 Å². The number of hydrogen-bond acceptors (Lipinski definition) is 4. The molecule has 0 bridgehead atoms. The van der Waals surface area contributed by atoms with Crippen molar-refractivity contribution in [2.24, 2.45) is 0 Å². The molecule has 2 rings (SSSR count). The minimum atomic E-state index is -0.661. The fraction of sp³-hybridized carbons (Fsp3) is 0.600. The van der Waals surface area contributed by atoms with Crippen molar-refractivity contribution in [3.63, 3.8) is 0 Å². The van der Waals surface area contributed by atoms with Gasteiger partial charge in [0, 0.05) is 50.5 Å². The summed E-state index contributed by atoms with van der Waals surface area (Å²) in [4.78, 5) is 4.48. The molecule has 1 saturated heterocycles. The first-order chi connectivity index (χ1) is 9.33. The molecule has 0 spiro atoms. The Morgan fingerprint density at radius 1 is 1.20 bits per heavy atom. The quantitative estimate of drug-likeness (QED) is 0.817. The number of nitrogens with two attached hydrogens (primary N) is 1. The molecule has 4 nitrogen and oxygen atoms in total. The number of anilines is 1. The molecule has 0 aromatic heterocycles. The number of piperazine rings is 1. The summed E-state index contributed by atoms with van der Waals surface area (Å²) < 4.78 is 13.8. The van der Waals surface area contributed by atoms with Crippen LogP contribution >= 0.6 is 0 Å². The second-order valence-corrected chi connectivity index (χ2v) is 6.22. The number of nitrogens with zero attached hydrogens (tertiary/aromatic N) is 2. The van der Waals surface area contributed by atoms with Crippen molar-refractivity contribution in [1.29, 1.82) is 0 Å². The van der Waals surface area contributed by atoms with Gasteiger partial charge in [-0.1, -0.05) is 6.07 Å². The minimum Gasteiger partial charge on any atom is -0.399 e. The maximum absolute atomic E-state index is 13.8. The van der Waals surface area contributed by atoms with Gasteiger partial charge in [-0.15, -0.1) is 0 Å². The Balaban J connectivity index is 1.85. The Labute approximate surface area is 120 Å². The van der Waals surface area contributed by atoms with Crippen LogP contribution in [-0.4, -0.2) is 53.2 Å². The predicted molar refractivity (Wildman–Crippen MR) is 78.8 cm³/mol. The maximum Gasteiger partial charge on any atom is 0.129 e. The second-order valence-electron chi connectivity index (χ2n) is 6.22. The van der Waals surface area contributed by atoms with E-state index >= 15 is 0 Å². The first-order valence-electron chi connectivity index (χ1n) is 7.04. The van der Waals surface area contributed by atoms with E-state index in [1.165, 1.54) is 6.07 Å². The molecule has 3 N–H and O–H groups in total. The fourth-order valence-electron chi connectivity index (χ4n) is 2.59. The van der Waals surface area contributed by atoms with Crippen LogP contribution in [0.2, 0.25) is 0 Å². The van der Waals surface area contributed by atoms with E-state index in [1.54, 1.807) is 12.1 Å². The fourth-order valence-corrected chi connectivity index (χ4v) is 2.59. The number of β-amino-alcohol motifs (C(OH)–C–C–N with tert-alkyl or cyclic N) is 1. The van der Waals surface area contributed by atoms with Crippen LogP contribution in [0.3, 0.4) is 0 Å². The number of benzene rings is 1. The van der Waals surface area contributed by atoms with Crippen LogP contribution < -0.4 is 5.73 Å². The maximum atomic E-state index is 13.8. The van der Waals surface area contributed by atoms with Crippen molar-refractivity contribution in [2.75, 3.05) is 38.5 Å². The molecule has 1 fully saturated rings. The molecule has 0 radical (unpaired) electrons. The van der Waals surface area contributed by atoms with Crippen molar-refractivity contribution < 1.29 is 9.50 Å². The van der Waals surface area contributed by atoms with Gasteiger partial charge in [-0.25, -0.2) is 4.39 Å². The summed E-state index contributed by atoms with van der Waals surface area (Å²) in [5, 5.41) is 9.82. The van der Waals surface area contributed by atoms with Gasteiger partial charge in [0.25, 0.3) is 0 Å². The lowest BCUT2D eigenvalue weighted by Gasteiger charge is -2.37. The van der Waals surface area contributed by atoms with E-state index in [-0.39, 0.29) is 5.82 Å². The summed E-state index contributed by atoms with van der Waals surface area (Å²) in [6.07, 6.45) is 0. The van der Waals surface area contributed by atoms with Gasteiger partial charge in [0.2, 0.25) is 0 Å². The summed E-state index contributed by atoms with van der Waals surface area (Å²) in [6.45, 7) is 8.52. The van der Waals surface area contributed by atoms with Crippen LogP contribution in [0, 0.1) is 5.82 Å². The molecule has 1 aliphatic heterocycles. The van der Waals surface area contributed by atoms with E-state index in [0.717, 1.165) is 26.2 Å². The molecule has 20 heavy (non-hydrogen) atoms. The average Bonchev–Trinajstić information content (AvgIpc) is 2.33. The molecule has 1 aromatic rings. The minimum absolute atomic E-state index is 0.232. The SMILES string of the molecule is CC(C)(O)CN1CCN(Cc2ccc(N)cc2F)CC1. The molecule has 0 aliphatic carbocycles. The van der Waals surface area contributed by atoms with Gasteiger partial charge >= 0.3 is 0 Å². The first kappa shape index (κ1) is 15.2. The lowest BCUT2D eigenvalue weighted by atomic mass is 10.1. The predicted octanol–water partition coefficient (Wildman–Crippen LogP) is 1.30. The van der Waals surface area contributed by atoms with Crippen molar-refractivity contribution in [2.45, 2.75) is 26.0 Å². The average molecular weight is 281 g/mol. The smallest absolute Gasteiger partial charge is 0.129 e. The molecule has 1 aliphatic rings. The molecule has 0 amide bonds. The summed E-state index contributed by atoms with van der Waals surface area (Å²) in [7, 11) is 0. The Morgan fingerprint density at radius 3 is 2.35 bits per heavy atom. The number of aliphatic hydroxyl groups is 1. The monoisotopic (exact) mass is 281 g/mol. The largest absolute Gasteiger partial charge is 0.399 e. The summed E-state index contributed by atoms with van der Waals surface area (Å²) in [5.74, 6) is -0.232. The number of rotatable bonds is 4. The molecule has 0 saturated carbocycles. The van der Waals surface area contributed by atoms with Crippen molar-refractivity contribution >= 4 is 5.69 Å². The standard InChI is InChI=1S/C15H24FN3O/c1-15(2,20)11-19-7-5-18(6-8-19)10-12-3-4-13(17)9-14(12)16/h3-4,9,20H,5-8,10-11,17H2,1-2H3. The Bertz CT molecular complexity index is 451. The van der Waals surface area contributed by atoms with Gasteiger partial charge < -0.3 is 10.8 Å². The molecule has 0 atom stereocenters. The Hall–Kier alpha value is -1.17. The van der Waals surface area contributed by atoms with Crippen molar-refractivity contribution in [1.82, 2.24) is 9.80 Å². The Kier molecular flexibility index (Phi) is 4.62. The Morgan fingerprint density at radius 2 is 1.80 bits per heavy atom. The molecule has 1 aromatic carbocycles. The molecule has 0 unspecified atom stereocenters. The highest BCUT2D eigenvalue weighted by atomic mass is 19.1. The van der Waals surface area contributed by atoms with Gasteiger partial charge in [0.1, 0.15) is 5.82 Å². The third-order valence-corrected chi connectivity index (χ3v) is 3.55. The first-order valence-corrected chi connectivity index (χ1v) is 7.04. The topological polar surface area (TPSA) is 52.7 Å². The van der Waals surface area contributed by atoms with Crippen molar-refractivity contribution in [3.05, 3.63) is 29.6 Å². The highest BCUT2D eigenvalue weighted by Gasteiger charge is 2.23. The van der Waals surface area contributed by atoms with E-state index in [1.807, 2.05) is 13.8 Å². The van der Waals surface area contributed by atoms with Crippen LogP contribution in [0.25, 0.3) is 0 Å². The second kappa shape index (κ2) is 6.08. The van der Waals surface area contributed by atoms with Gasteiger partial charge in [0.15, 0.2) is 0 Å². The zero-order valence-corrected chi connectivity index (χ0v) is 12.3. The van der Waals surface area contributed by atoms with Crippen LogP contribution in [0.5, 0.6) is 0 Å². The van der Waals surface area contributed by atoms with Crippen LogP contribution in [0.4, 0.5) is 10.1 Å². The number of hydrogen-bond donors (Lipinski definition) is 2. The third-order valence-electron chi connectivity index (χ3n) is 3.55. The summed E-state index contributed by atoms with van der Waals surface area (Å²) >= 11 is 0. The lowest BCUT2D eigenvalue weighted by molar-refractivity contribution is 0.0165. The normalized spacial score (nSPS) is 18.4. The van der Waals surface area contributed by atoms with Crippen molar-refractivity contribution in [3.8, 4) is 0 Å². The van der Waals surface area contributed by atoms with Crippen LogP contribution in [0.1, 0.15) is 19.4 Å². The summed E-state index contributed by atoms with van der Waals surface area (Å²) in [6, 6.07) is 4.87. The van der Waals surface area contributed by atoms with E-state index in [9.17, 15) is 9.50 Å². The number of halogens is 1. The van der Waals surface area contributed by atoms with Gasteiger partial charge in [-0.2, -0.15) is 0 Å². The summed E-state index contributed by atoms with van der Waals surface area (Å²) in [5.41, 5.74) is 6.04. The lowest BCUT2D eigenvalue weighted by Crippen LogP contribution is -2.50. The van der Waals surface area contributed by atoms with Gasteiger partial charge in [-0.3, -0.25) is 9.80 Å². The van der Waals surface area contributed by atoms with E-state index in [2.05, 4.69) is 9.80 Å². The highest BCUT2D eigenvalue weighted by Crippen LogP contribution is 2.16. The van der Waals surface area contributed by atoms with E-state index in [4.69, 9.17) is 5.73 Å². The number of nitrogen functional groups attached to an aromatic ring is 1. The molecule has 5 heteroatoms. The molecular weight excluding hydrogens is 257 g/mol. The van der Waals surface area contributed by atoms with Gasteiger partial charge in [-0.05, 0) is 26.0 Å². The zero-order chi connectivity index (χ0) is 14.8. The molecular formula is C15H24FN3O. The zero-order valence-electron chi connectivity index (χ0n) is 12.3. The molecule has 1 heterocycles. The van der Waals surface area contributed by atoms with Crippen LogP contribution in [0.15, 0.2) is 18.2 Å². The third kappa shape index (κ3) is 4.44.